The first-order valence-corrected chi connectivity index (χ1v) is 14.1. The lowest BCUT2D eigenvalue weighted by atomic mass is 10.0. The van der Waals surface area contributed by atoms with Crippen LogP contribution in [-0.2, 0) is 19.1 Å². The number of nitrogens with one attached hydrogen (secondary N) is 2. The summed E-state index contributed by atoms with van der Waals surface area (Å²) in [7, 11) is 0. The van der Waals surface area contributed by atoms with Crippen LogP contribution in [-0.4, -0.2) is 48.2 Å². The molecule has 7 heteroatoms. The Bertz CT molecular complexity index is 856. The number of esters is 1. The summed E-state index contributed by atoms with van der Waals surface area (Å²) in [5.41, 5.74) is 0.746. The number of aliphatic hydroxyl groups excluding tert-OH is 1. The van der Waals surface area contributed by atoms with Crippen LogP contribution in [0.25, 0.3) is 0 Å². The molecule has 0 aromatic rings. The number of rotatable bonds is 10. The van der Waals surface area contributed by atoms with Crippen molar-refractivity contribution in [1.82, 2.24) is 10.6 Å². The van der Waals surface area contributed by atoms with Crippen LogP contribution in [0.3, 0.4) is 0 Å². The maximum Gasteiger partial charge on any atom is 0.331 e. The van der Waals surface area contributed by atoms with E-state index < -0.39 is 24.1 Å². The second-order valence-corrected chi connectivity index (χ2v) is 9.79. The average Bonchev–Trinajstić information content (AvgIpc) is 2.90. The smallest absolute Gasteiger partial charge is 0.331 e. The summed E-state index contributed by atoms with van der Waals surface area (Å²) in [6.45, 7) is 6.04. The van der Waals surface area contributed by atoms with Crippen LogP contribution in [0.2, 0.25) is 0 Å². The number of hydrogen-bond acceptors (Lipinski definition) is 5. The zero-order chi connectivity index (χ0) is 28.0. The highest BCUT2D eigenvalue weighted by Gasteiger charge is 2.24. The molecule has 38 heavy (non-hydrogen) atoms. The van der Waals surface area contributed by atoms with Gasteiger partial charge in [-0.3, -0.25) is 9.59 Å². The van der Waals surface area contributed by atoms with Crippen molar-refractivity contribution in [3.05, 3.63) is 60.3 Å². The predicted molar refractivity (Wildman–Crippen MR) is 153 cm³/mol. The first kappa shape index (κ1) is 33.1. The Kier molecular flexibility index (Phi) is 18.3. The number of ether oxygens (including phenoxy) is 1. The van der Waals surface area contributed by atoms with Crippen LogP contribution in [0.4, 0.5) is 0 Å². The van der Waals surface area contributed by atoms with Gasteiger partial charge in [0.15, 0.2) is 0 Å². The molecule has 3 N–H and O–H groups in total. The Labute approximate surface area is 229 Å². The molecule has 0 bridgehead atoms. The molecule has 0 radical (unpaired) electrons. The quantitative estimate of drug-likeness (QED) is 0.205. The summed E-state index contributed by atoms with van der Waals surface area (Å²) in [6, 6.07) is 0. The lowest BCUT2D eigenvalue weighted by Gasteiger charge is -2.21. The van der Waals surface area contributed by atoms with Crippen LogP contribution >= 0.6 is 0 Å². The molecular weight excluding hydrogens is 480 g/mol. The molecule has 0 aliphatic carbocycles. The van der Waals surface area contributed by atoms with Gasteiger partial charge in [-0.15, -0.1) is 0 Å². The number of unbranched alkanes of at least 4 members (excludes halogenated alkanes) is 7. The number of cyclic esters (lactones) is 1. The maximum absolute atomic E-state index is 12.6. The molecule has 1 aliphatic rings. The van der Waals surface area contributed by atoms with Crippen molar-refractivity contribution in [3.63, 3.8) is 0 Å². The van der Waals surface area contributed by atoms with Gasteiger partial charge in [-0.05, 0) is 31.8 Å². The fourth-order valence-corrected chi connectivity index (χ4v) is 3.81. The van der Waals surface area contributed by atoms with Gasteiger partial charge in [-0.1, -0.05) is 101 Å². The minimum absolute atomic E-state index is 0.0705. The summed E-state index contributed by atoms with van der Waals surface area (Å²) in [6.07, 6.45) is 24.6. The Hall–Kier alpha value is -2.93. The monoisotopic (exact) mass is 528 g/mol. The van der Waals surface area contributed by atoms with Crippen LogP contribution < -0.4 is 10.6 Å². The topological polar surface area (TPSA) is 105 Å². The fourth-order valence-electron chi connectivity index (χ4n) is 3.81. The van der Waals surface area contributed by atoms with Crippen LogP contribution in [0.15, 0.2) is 60.3 Å². The Morgan fingerprint density at radius 3 is 2.50 bits per heavy atom. The van der Waals surface area contributed by atoms with Crippen LogP contribution in [0.5, 0.6) is 0 Å². The highest BCUT2D eigenvalue weighted by Crippen LogP contribution is 2.14. The highest BCUT2D eigenvalue weighted by atomic mass is 16.5. The predicted octanol–water partition coefficient (Wildman–Crippen LogP) is 5.23. The number of aliphatic hydroxyl groups is 1. The molecule has 0 aromatic heterocycles. The third-order valence-corrected chi connectivity index (χ3v) is 6.42. The summed E-state index contributed by atoms with van der Waals surface area (Å²) in [4.78, 5) is 37.3. The summed E-state index contributed by atoms with van der Waals surface area (Å²) in [5.74, 6) is -1.87. The van der Waals surface area contributed by atoms with E-state index in [-0.39, 0.29) is 24.8 Å². The van der Waals surface area contributed by atoms with Crippen molar-refractivity contribution >= 4 is 17.8 Å². The fraction of sp³-hybridized carbons (Fsp3) is 0.581. The van der Waals surface area contributed by atoms with Gasteiger partial charge in [0.25, 0.3) is 0 Å². The van der Waals surface area contributed by atoms with Gasteiger partial charge in [0.1, 0.15) is 6.10 Å². The summed E-state index contributed by atoms with van der Waals surface area (Å²) < 4.78 is 5.59. The highest BCUT2D eigenvalue weighted by molar-refractivity contribution is 5.83. The van der Waals surface area contributed by atoms with E-state index in [1.807, 2.05) is 31.2 Å². The van der Waals surface area contributed by atoms with E-state index in [1.54, 1.807) is 25.2 Å². The van der Waals surface area contributed by atoms with Crippen LogP contribution in [0.1, 0.15) is 85.0 Å². The van der Waals surface area contributed by atoms with Crippen LogP contribution in [0, 0.1) is 5.92 Å². The lowest BCUT2D eigenvalue weighted by molar-refractivity contribution is -0.143. The van der Waals surface area contributed by atoms with E-state index in [4.69, 9.17) is 4.74 Å². The molecule has 0 saturated carbocycles. The van der Waals surface area contributed by atoms with Gasteiger partial charge in [-0.25, -0.2) is 4.79 Å². The molecule has 3 atom stereocenters. The average molecular weight is 529 g/mol. The summed E-state index contributed by atoms with van der Waals surface area (Å²) in [5, 5.41) is 15.8. The molecule has 3 unspecified atom stereocenters. The number of hydrogen-bond donors (Lipinski definition) is 3. The first-order valence-electron chi connectivity index (χ1n) is 14.1. The largest absolute Gasteiger partial charge is 0.454 e. The van der Waals surface area contributed by atoms with E-state index in [2.05, 4.69) is 23.6 Å². The minimum Gasteiger partial charge on any atom is -0.454 e. The van der Waals surface area contributed by atoms with Gasteiger partial charge in [0, 0.05) is 19.2 Å². The normalized spacial score (nSPS) is 25.4. The molecule has 0 fully saturated rings. The second-order valence-electron chi connectivity index (χ2n) is 9.79. The number of β-amino-alcohol motifs (C(OH)–C–C–N with tert-alkyl or cyclic N) is 1. The number of amides is 2. The third kappa shape index (κ3) is 16.0. The molecule has 0 aromatic carbocycles. The third-order valence-electron chi connectivity index (χ3n) is 6.42. The van der Waals surface area contributed by atoms with Gasteiger partial charge in [0.2, 0.25) is 11.8 Å². The zero-order valence-corrected chi connectivity index (χ0v) is 23.5. The van der Waals surface area contributed by atoms with Crippen molar-refractivity contribution in [1.29, 1.82) is 0 Å². The van der Waals surface area contributed by atoms with Gasteiger partial charge in [0.05, 0.1) is 18.4 Å². The molecule has 1 rings (SSSR count). The van der Waals surface area contributed by atoms with Crippen molar-refractivity contribution in [2.24, 2.45) is 5.92 Å². The Morgan fingerprint density at radius 2 is 1.74 bits per heavy atom. The lowest BCUT2D eigenvalue weighted by Crippen LogP contribution is -2.43. The zero-order valence-electron chi connectivity index (χ0n) is 23.5. The number of allylic oxidation sites excluding steroid dienone is 7. The van der Waals surface area contributed by atoms with Crippen molar-refractivity contribution in [3.8, 4) is 0 Å². The summed E-state index contributed by atoms with van der Waals surface area (Å²) >= 11 is 0. The molecule has 212 valence electrons. The van der Waals surface area contributed by atoms with Gasteiger partial charge < -0.3 is 20.5 Å². The van der Waals surface area contributed by atoms with E-state index in [0.29, 0.717) is 13.0 Å². The van der Waals surface area contributed by atoms with E-state index in [9.17, 15) is 19.5 Å². The van der Waals surface area contributed by atoms with E-state index in [0.717, 1.165) is 18.4 Å². The Morgan fingerprint density at radius 1 is 1.03 bits per heavy atom. The molecule has 0 saturated heterocycles. The van der Waals surface area contributed by atoms with Crippen molar-refractivity contribution < 1.29 is 24.2 Å². The van der Waals surface area contributed by atoms with E-state index >= 15 is 0 Å². The molecule has 0 spiro atoms. The Balaban J connectivity index is 2.79. The van der Waals surface area contributed by atoms with Crippen molar-refractivity contribution in [2.45, 2.75) is 97.2 Å². The SMILES string of the molecule is CCCCCCCCC/C=C/C=C(\C)C1CC(=O)NCC(O)C(C)C(=O)NCC/C=C/C=C/C=C/C(=O)O1. The maximum atomic E-state index is 12.6. The number of carbonyl (C=O) groups excluding carboxylic acids is 3. The van der Waals surface area contributed by atoms with Crippen molar-refractivity contribution in [2.75, 3.05) is 13.1 Å². The molecule has 2 amide bonds. The molecular formula is C31H48N2O5. The number of carbonyl (C=O) groups is 3. The van der Waals surface area contributed by atoms with Gasteiger partial charge >= 0.3 is 5.97 Å². The second kappa shape index (κ2) is 21.1. The first-order chi connectivity index (χ1) is 18.3. The molecule has 1 aliphatic heterocycles. The molecule has 1 heterocycles. The standard InChI is InChI=1S/C31H48N2O5/c1-4-5-6-7-8-9-10-11-14-17-20-25(2)28-23-29(35)33-24-27(34)26(3)31(37)32-22-19-16-13-12-15-18-21-30(36)38-28/h12-18,20-21,26-28,34H,4-11,19,22-24H2,1-3H3,(H,32,37)(H,33,35)/b15-12+,16-13+,17-14+,21-18+,25-20+. The van der Waals surface area contributed by atoms with Gasteiger partial charge in [-0.2, -0.15) is 0 Å². The van der Waals surface area contributed by atoms with E-state index in [1.165, 1.54) is 44.6 Å². The minimum atomic E-state index is -1.03. The molecule has 7 nitrogen and oxygen atoms in total.